The number of rotatable bonds is 6. The number of nitrogens with zero attached hydrogens (tertiary/aromatic N) is 1. The van der Waals surface area contributed by atoms with Gasteiger partial charge in [-0.1, -0.05) is 24.6 Å². The summed E-state index contributed by atoms with van der Waals surface area (Å²) >= 11 is 0. The van der Waals surface area contributed by atoms with E-state index in [2.05, 4.69) is 22.3 Å². The molecular weight excluding hydrogens is 248 g/mol. The van der Waals surface area contributed by atoms with Crippen LogP contribution in [0.1, 0.15) is 31.2 Å². The molecule has 1 fully saturated rings. The summed E-state index contributed by atoms with van der Waals surface area (Å²) in [5.74, 6) is 0. The fourth-order valence-corrected chi connectivity index (χ4v) is 3.00. The quantitative estimate of drug-likeness (QED) is 0.817. The molecule has 3 rings (SSSR count). The highest BCUT2D eigenvalue weighted by molar-refractivity contribution is 5.80. The summed E-state index contributed by atoms with van der Waals surface area (Å²) in [4.78, 5) is 2.60. The molecule has 1 aliphatic rings. The van der Waals surface area contributed by atoms with Gasteiger partial charge in [0.15, 0.2) is 0 Å². The second kappa shape index (κ2) is 6.91. The second-order valence-electron chi connectivity index (χ2n) is 5.69. The summed E-state index contributed by atoms with van der Waals surface area (Å²) in [5.41, 5.74) is 2.25. The smallest absolute Gasteiger partial charge is 0.134 e. The lowest BCUT2D eigenvalue weighted by molar-refractivity contribution is 0.225. The van der Waals surface area contributed by atoms with E-state index >= 15 is 0 Å². The fraction of sp³-hybridized carbons (Fsp3) is 0.529. The molecule has 3 heteroatoms. The third-order valence-electron chi connectivity index (χ3n) is 4.15. The number of likely N-dealkylation sites (tertiary alicyclic amines) is 1. The molecule has 0 unspecified atom stereocenters. The minimum Gasteiger partial charge on any atom is -0.464 e. The second-order valence-corrected chi connectivity index (χ2v) is 5.69. The molecule has 3 nitrogen and oxygen atoms in total. The van der Waals surface area contributed by atoms with Crippen LogP contribution in [0, 0.1) is 0 Å². The Kier molecular flexibility index (Phi) is 4.72. The topological polar surface area (TPSA) is 28.4 Å². The summed E-state index contributed by atoms with van der Waals surface area (Å²) in [5, 5.41) is 4.77. The summed E-state index contributed by atoms with van der Waals surface area (Å²) < 4.78 is 5.55. The minimum atomic E-state index is 0.900. The Morgan fingerprint density at radius 1 is 1.10 bits per heavy atom. The van der Waals surface area contributed by atoms with E-state index in [1.165, 1.54) is 56.3 Å². The molecule has 1 aromatic carbocycles. The summed E-state index contributed by atoms with van der Waals surface area (Å²) in [6.07, 6.45) is 7.29. The van der Waals surface area contributed by atoms with Crippen LogP contribution >= 0.6 is 0 Å². The van der Waals surface area contributed by atoms with Gasteiger partial charge in [0.2, 0.25) is 0 Å². The van der Waals surface area contributed by atoms with Gasteiger partial charge in [-0.2, -0.15) is 0 Å². The van der Waals surface area contributed by atoms with Gasteiger partial charge < -0.3 is 14.6 Å². The number of piperidine rings is 1. The monoisotopic (exact) mass is 272 g/mol. The van der Waals surface area contributed by atoms with Crippen molar-refractivity contribution < 1.29 is 4.42 Å². The highest BCUT2D eigenvalue weighted by Crippen LogP contribution is 2.20. The normalized spacial score (nSPS) is 16.8. The number of fused-ring (bicyclic) bond motifs is 1. The molecule has 0 saturated carbocycles. The maximum atomic E-state index is 5.55. The molecule has 2 aromatic rings. The first-order chi connectivity index (χ1) is 9.93. The molecule has 1 N–H and O–H groups in total. The molecule has 1 saturated heterocycles. The highest BCUT2D eigenvalue weighted by atomic mass is 16.3. The Labute approximate surface area is 120 Å². The van der Waals surface area contributed by atoms with Gasteiger partial charge in [-0.3, -0.25) is 0 Å². The maximum Gasteiger partial charge on any atom is 0.134 e. The third-order valence-corrected chi connectivity index (χ3v) is 4.15. The van der Waals surface area contributed by atoms with Gasteiger partial charge in [0.1, 0.15) is 5.58 Å². The molecule has 0 bridgehead atoms. The van der Waals surface area contributed by atoms with E-state index < -0.39 is 0 Å². The summed E-state index contributed by atoms with van der Waals surface area (Å²) in [6.45, 7) is 5.81. The minimum absolute atomic E-state index is 0.900. The van der Waals surface area contributed by atoms with Crippen molar-refractivity contribution in [2.45, 2.75) is 32.2 Å². The van der Waals surface area contributed by atoms with Gasteiger partial charge in [-0.25, -0.2) is 0 Å². The van der Waals surface area contributed by atoms with Gasteiger partial charge in [0.25, 0.3) is 0 Å². The molecule has 0 aliphatic carbocycles. The lowest BCUT2D eigenvalue weighted by atomic mass is 10.1. The van der Waals surface area contributed by atoms with Gasteiger partial charge >= 0.3 is 0 Å². The Bertz CT molecular complexity index is 529. The van der Waals surface area contributed by atoms with Gasteiger partial charge in [0.05, 0.1) is 6.26 Å². The van der Waals surface area contributed by atoms with Crippen LogP contribution in [0.5, 0.6) is 0 Å². The first-order valence-electron chi connectivity index (χ1n) is 7.82. The van der Waals surface area contributed by atoms with E-state index in [1.807, 2.05) is 18.4 Å². The molecule has 0 spiro atoms. The Morgan fingerprint density at radius 3 is 2.85 bits per heavy atom. The van der Waals surface area contributed by atoms with Gasteiger partial charge in [0, 0.05) is 17.5 Å². The van der Waals surface area contributed by atoms with Crippen molar-refractivity contribution in [2.75, 3.05) is 26.2 Å². The zero-order valence-corrected chi connectivity index (χ0v) is 12.1. The van der Waals surface area contributed by atoms with E-state index in [9.17, 15) is 0 Å². The molecule has 2 heterocycles. The van der Waals surface area contributed by atoms with Crippen LogP contribution in [0.15, 0.2) is 34.9 Å². The van der Waals surface area contributed by atoms with Crippen molar-refractivity contribution in [3.63, 3.8) is 0 Å². The average molecular weight is 272 g/mol. The van der Waals surface area contributed by atoms with Crippen LogP contribution in [0.3, 0.4) is 0 Å². The van der Waals surface area contributed by atoms with Crippen LogP contribution < -0.4 is 5.32 Å². The van der Waals surface area contributed by atoms with Crippen molar-refractivity contribution >= 4 is 11.0 Å². The predicted octanol–water partition coefficient (Wildman–Crippen LogP) is 3.40. The molecule has 0 radical (unpaired) electrons. The number of hydrogen-bond donors (Lipinski definition) is 1. The Morgan fingerprint density at radius 2 is 1.95 bits per heavy atom. The van der Waals surface area contributed by atoms with Crippen LogP contribution in [0.2, 0.25) is 0 Å². The maximum absolute atomic E-state index is 5.55. The van der Waals surface area contributed by atoms with E-state index in [-0.39, 0.29) is 0 Å². The molecule has 1 aliphatic heterocycles. The molecule has 1 aromatic heterocycles. The van der Waals surface area contributed by atoms with Crippen molar-refractivity contribution in [2.24, 2.45) is 0 Å². The summed E-state index contributed by atoms with van der Waals surface area (Å²) in [7, 11) is 0. The first kappa shape index (κ1) is 13.7. The van der Waals surface area contributed by atoms with Crippen molar-refractivity contribution in [1.29, 1.82) is 0 Å². The zero-order valence-electron chi connectivity index (χ0n) is 12.1. The fourth-order valence-electron chi connectivity index (χ4n) is 3.00. The van der Waals surface area contributed by atoms with E-state index in [4.69, 9.17) is 4.42 Å². The van der Waals surface area contributed by atoms with E-state index in [0.717, 1.165) is 18.7 Å². The number of hydrogen-bond acceptors (Lipinski definition) is 3. The zero-order chi connectivity index (χ0) is 13.6. The number of furan rings is 1. The Balaban J connectivity index is 1.39. The summed E-state index contributed by atoms with van der Waals surface area (Å²) in [6, 6.07) is 8.23. The number of para-hydroxylation sites is 1. The average Bonchev–Trinajstić information content (AvgIpc) is 2.91. The lowest BCUT2D eigenvalue weighted by Crippen LogP contribution is -2.32. The Hall–Kier alpha value is -1.32. The number of benzene rings is 1. The van der Waals surface area contributed by atoms with Crippen LogP contribution in [-0.4, -0.2) is 31.1 Å². The van der Waals surface area contributed by atoms with Gasteiger partial charge in [-0.15, -0.1) is 0 Å². The molecular formula is C17H24N2O. The van der Waals surface area contributed by atoms with Crippen LogP contribution in [0.25, 0.3) is 11.0 Å². The molecule has 0 amide bonds. The van der Waals surface area contributed by atoms with Crippen molar-refractivity contribution in [1.82, 2.24) is 10.2 Å². The molecule has 0 atom stereocenters. The predicted molar refractivity (Wildman–Crippen MR) is 82.8 cm³/mol. The van der Waals surface area contributed by atoms with E-state index in [1.54, 1.807) is 0 Å². The standard InChI is InChI=1S/C17H24N2O/c1-4-10-19(11-5-1)12-6-9-18-13-15-14-20-17-8-3-2-7-16(15)17/h2-3,7-8,14,18H,1,4-6,9-13H2. The van der Waals surface area contributed by atoms with E-state index in [0.29, 0.717) is 0 Å². The van der Waals surface area contributed by atoms with Crippen molar-refractivity contribution in [3.8, 4) is 0 Å². The first-order valence-corrected chi connectivity index (χ1v) is 7.82. The van der Waals surface area contributed by atoms with Crippen LogP contribution in [-0.2, 0) is 6.54 Å². The third kappa shape index (κ3) is 3.41. The van der Waals surface area contributed by atoms with Gasteiger partial charge in [-0.05, 0) is 51.5 Å². The molecule has 20 heavy (non-hydrogen) atoms. The highest BCUT2D eigenvalue weighted by Gasteiger charge is 2.09. The lowest BCUT2D eigenvalue weighted by Gasteiger charge is -2.26. The SMILES string of the molecule is c1ccc2c(CNCCCN3CCCCC3)coc2c1. The van der Waals surface area contributed by atoms with Crippen LogP contribution in [0.4, 0.5) is 0 Å². The number of nitrogens with one attached hydrogen (secondary N) is 1. The molecule has 108 valence electrons. The van der Waals surface area contributed by atoms with Crippen molar-refractivity contribution in [3.05, 3.63) is 36.1 Å². The largest absolute Gasteiger partial charge is 0.464 e.